The monoisotopic (exact) mass is 474 g/mol. The zero-order valence-corrected chi connectivity index (χ0v) is 17.4. The number of amides is 2. The van der Waals surface area contributed by atoms with Crippen molar-refractivity contribution in [3.63, 3.8) is 0 Å². The van der Waals surface area contributed by atoms with Gasteiger partial charge in [-0.15, -0.1) is 0 Å². The third-order valence-corrected chi connectivity index (χ3v) is 4.69. The Morgan fingerprint density at radius 1 is 1.07 bits per heavy atom. The molecule has 3 rings (SSSR count). The molecule has 0 atom stereocenters. The van der Waals surface area contributed by atoms with Crippen LogP contribution in [-0.4, -0.2) is 36.2 Å². The number of nitrogens with one attached hydrogen (secondary N) is 2. The second-order valence-electron chi connectivity index (χ2n) is 6.38. The van der Waals surface area contributed by atoms with Gasteiger partial charge in [0.05, 0.1) is 0 Å². The number of benzene rings is 2. The van der Waals surface area contributed by atoms with Gasteiger partial charge in [-0.2, -0.15) is 0 Å². The summed E-state index contributed by atoms with van der Waals surface area (Å²) in [6.07, 6.45) is 1.73. The number of hydrogen-bond donors (Lipinski definition) is 3. The van der Waals surface area contributed by atoms with Gasteiger partial charge < -0.3 is 25.2 Å². The Hall–Kier alpha value is -3.33. The van der Waals surface area contributed by atoms with Gasteiger partial charge in [0, 0.05) is 23.0 Å². The molecule has 3 N–H and O–H groups in total. The minimum Gasteiger partial charge on any atom is -0.481 e. The lowest BCUT2D eigenvalue weighted by molar-refractivity contribution is -0.137. The molecule has 0 spiro atoms. The molecule has 30 heavy (non-hydrogen) atoms. The Morgan fingerprint density at radius 3 is 2.53 bits per heavy atom. The van der Waals surface area contributed by atoms with Crippen molar-refractivity contribution in [2.45, 2.75) is 12.8 Å². The summed E-state index contributed by atoms with van der Waals surface area (Å²) in [7, 11) is 0. The van der Waals surface area contributed by atoms with E-state index in [9.17, 15) is 14.4 Å². The van der Waals surface area contributed by atoms with E-state index in [-0.39, 0.29) is 31.9 Å². The average Bonchev–Trinajstić information content (AvgIpc) is 3.18. The lowest BCUT2D eigenvalue weighted by atomic mass is 10.1. The first-order valence-electron chi connectivity index (χ1n) is 9.10. The van der Waals surface area contributed by atoms with Crippen molar-refractivity contribution in [3.8, 4) is 11.5 Å². The van der Waals surface area contributed by atoms with E-state index in [0.717, 1.165) is 4.47 Å². The molecule has 8 nitrogen and oxygen atoms in total. The second-order valence-corrected chi connectivity index (χ2v) is 7.30. The summed E-state index contributed by atoms with van der Waals surface area (Å²) in [5.41, 5.74) is 1.04. The van der Waals surface area contributed by atoms with E-state index in [1.165, 1.54) is 6.08 Å². The number of fused-ring (bicyclic) bond motifs is 1. The molecular weight excluding hydrogens is 456 g/mol. The topological polar surface area (TPSA) is 114 Å². The molecular formula is C21H19BrN2O6. The normalized spacial score (nSPS) is 12.4. The van der Waals surface area contributed by atoms with Gasteiger partial charge in [0.1, 0.15) is 5.70 Å². The maximum Gasteiger partial charge on any atom is 0.303 e. The fourth-order valence-corrected chi connectivity index (χ4v) is 2.92. The molecule has 156 valence electrons. The maximum atomic E-state index is 12.6. The van der Waals surface area contributed by atoms with Crippen LogP contribution in [0.3, 0.4) is 0 Å². The second kappa shape index (κ2) is 9.93. The predicted molar refractivity (Wildman–Crippen MR) is 112 cm³/mol. The predicted octanol–water partition coefficient (Wildman–Crippen LogP) is 2.93. The van der Waals surface area contributed by atoms with Gasteiger partial charge in [-0.3, -0.25) is 14.4 Å². The summed E-state index contributed by atoms with van der Waals surface area (Å²) in [6.45, 7) is 0.289. The molecule has 0 unspecified atom stereocenters. The number of halogens is 1. The van der Waals surface area contributed by atoms with Crippen LogP contribution >= 0.6 is 15.9 Å². The van der Waals surface area contributed by atoms with Crippen molar-refractivity contribution in [2.24, 2.45) is 0 Å². The van der Waals surface area contributed by atoms with Gasteiger partial charge in [0.15, 0.2) is 11.5 Å². The van der Waals surface area contributed by atoms with Crippen LogP contribution < -0.4 is 20.1 Å². The highest BCUT2D eigenvalue weighted by Gasteiger charge is 2.17. The molecule has 0 aliphatic carbocycles. The molecule has 1 aliphatic heterocycles. The third-order valence-electron chi connectivity index (χ3n) is 4.16. The summed E-state index contributed by atoms with van der Waals surface area (Å²) >= 11 is 3.31. The number of carboxylic acid groups (broad SMARTS) is 1. The van der Waals surface area contributed by atoms with E-state index in [2.05, 4.69) is 26.6 Å². The van der Waals surface area contributed by atoms with Crippen LogP contribution in [0.25, 0.3) is 6.08 Å². The lowest BCUT2D eigenvalue weighted by Crippen LogP contribution is -2.35. The highest BCUT2D eigenvalue weighted by Crippen LogP contribution is 2.33. The van der Waals surface area contributed by atoms with Crippen molar-refractivity contribution >= 4 is 39.8 Å². The van der Waals surface area contributed by atoms with Gasteiger partial charge in [-0.05, 0) is 54.5 Å². The molecule has 0 fully saturated rings. The minimum absolute atomic E-state index is 0.0251. The zero-order valence-electron chi connectivity index (χ0n) is 15.8. The molecule has 0 aromatic heterocycles. The zero-order chi connectivity index (χ0) is 21.5. The molecule has 1 aliphatic rings. The van der Waals surface area contributed by atoms with Gasteiger partial charge in [-0.25, -0.2) is 0 Å². The van der Waals surface area contributed by atoms with Crippen LogP contribution in [0.15, 0.2) is 52.6 Å². The number of carbonyl (C=O) groups is 3. The van der Waals surface area contributed by atoms with E-state index in [1.807, 2.05) is 0 Å². The van der Waals surface area contributed by atoms with Crippen molar-refractivity contribution in [2.75, 3.05) is 13.3 Å². The SMILES string of the molecule is O=C(O)CCCNC(=O)C(=Cc1ccc2c(c1)OCO2)NC(=O)c1ccc(Br)cc1. The molecule has 0 radical (unpaired) electrons. The number of aliphatic carboxylic acids is 1. The summed E-state index contributed by atoms with van der Waals surface area (Å²) in [5, 5.41) is 14.0. The number of ether oxygens (including phenoxy) is 2. The van der Waals surface area contributed by atoms with Gasteiger partial charge in [-0.1, -0.05) is 22.0 Å². The van der Waals surface area contributed by atoms with Crippen molar-refractivity contribution in [1.29, 1.82) is 0 Å². The number of rotatable bonds is 8. The fraction of sp³-hybridized carbons (Fsp3) is 0.190. The van der Waals surface area contributed by atoms with Crippen molar-refractivity contribution in [3.05, 3.63) is 63.8 Å². The fourth-order valence-electron chi connectivity index (χ4n) is 2.66. The third kappa shape index (κ3) is 5.84. The Bertz CT molecular complexity index is 987. The molecule has 2 aromatic rings. The van der Waals surface area contributed by atoms with Crippen LogP contribution in [0.1, 0.15) is 28.8 Å². The molecule has 0 bridgehead atoms. The molecule has 0 saturated carbocycles. The summed E-state index contributed by atoms with van der Waals surface area (Å²) in [6, 6.07) is 11.9. The first-order valence-corrected chi connectivity index (χ1v) is 9.90. The number of carboxylic acids is 1. The van der Waals surface area contributed by atoms with E-state index in [0.29, 0.717) is 22.6 Å². The first kappa shape index (κ1) is 21.4. The van der Waals surface area contributed by atoms with Gasteiger partial charge >= 0.3 is 5.97 Å². The first-order chi connectivity index (χ1) is 14.4. The van der Waals surface area contributed by atoms with Gasteiger partial charge in [0.25, 0.3) is 11.8 Å². The smallest absolute Gasteiger partial charge is 0.303 e. The van der Waals surface area contributed by atoms with Gasteiger partial charge in [0.2, 0.25) is 6.79 Å². The number of carbonyl (C=O) groups excluding carboxylic acids is 2. The van der Waals surface area contributed by atoms with E-state index in [1.54, 1.807) is 42.5 Å². The highest BCUT2D eigenvalue weighted by molar-refractivity contribution is 9.10. The van der Waals surface area contributed by atoms with Crippen molar-refractivity contribution < 1.29 is 29.0 Å². The van der Waals surface area contributed by atoms with E-state index >= 15 is 0 Å². The molecule has 2 aromatic carbocycles. The summed E-state index contributed by atoms with van der Waals surface area (Å²) in [4.78, 5) is 35.9. The Labute approximate surface area is 181 Å². The summed E-state index contributed by atoms with van der Waals surface area (Å²) < 4.78 is 11.4. The Morgan fingerprint density at radius 2 is 1.80 bits per heavy atom. The van der Waals surface area contributed by atoms with Crippen LogP contribution in [0.5, 0.6) is 11.5 Å². The quantitative estimate of drug-likeness (QED) is 0.400. The standard InChI is InChI=1S/C21H19BrN2O6/c22-15-6-4-14(5-7-15)20(27)24-16(21(28)23-9-1-2-19(25)26)10-13-3-8-17-18(11-13)30-12-29-17/h3-8,10-11H,1-2,9,12H2,(H,23,28)(H,24,27)(H,25,26). The van der Waals surface area contributed by atoms with Crippen LogP contribution in [0.2, 0.25) is 0 Å². The van der Waals surface area contributed by atoms with Crippen LogP contribution in [0.4, 0.5) is 0 Å². The van der Waals surface area contributed by atoms with E-state index in [4.69, 9.17) is 14.6 Å². The molecule has 0 saturated heterocycles. The van der Waals surface area contributed by atoms with Crippen LogP contribution in [0, 0.1) is 0 Å². The molecule has 1 heterocycles. The Balaban J connectivity index is 1.78. The summed E-state index contributed by atoms with van der Waals surface area (Å²) in [5.74, 6) is -0.766. The van der Waals surface area contributed by atoms with Crippen molar-refractivity contribution in [1.82, 2.24) is 10.6 Å². The molecule has 9 heteroatoms. The highest BCUT2D eigenvalue weighted by atomic mass is 79.9. The number of hydrogen-bond acceptors (Lipinski definition) is 5. The Kier molecular flexibility index (Phi) is 7.08. The lowest BCUT2D eigenvalue weighted by Gasteiger charge is -2.11. The maximum absolute atomic E-state index is 12.6. The van der Waals surface area contributed by atoms with E-state index < -0.39 is 17.8 Å². The largest absolute Gasteiger partial charge is 0.481 e. The average molecular weight is 475 g/mol. The van der Waals surface area contributed by atoms with Crippen LogP contribution in [-0.2, 0) is 9.59 Å². The minimum atomic E-state index is -0.941. The molecule has 2 amide bonds.